The van der Waals surface area contributed by atoms with Gasteiger partial charge in [-0.25, -0.2) is 0 Å². The summed E-state index contributed by atoms with van der Waals surface area (Å²) in [5.74, 6) is 0. The third-order valence-corrected chi connectivity index (χ3v) is 4.25. The summed E-state index contributed by atoms with van der Waals surface area (Å²) in [7, 11) is 0. The molecule has 1 saturated heterocycles. The summed E-state index contributed by atoms with van der Waals surface area (Å²) in [5.41, 5.74) is 1.37. The van der Waals surface area contributed by atoms with E-state index in [1.54, 1.807) is 0 Å². The van der Waals surface area contributed by atoms with Gasteiger partial charge in [0.05, 0.1) is 0 Å². The number of piperidine rings is 1. The van der Waals surface area contributed by atoms with Crippen molar-refractivity contribution in [1.29, 1.82) is 0 Å². The second-order valence-corrected chi connectivity index (χ2v) is 6.10. The van der Waals surface area contributed by atoms with Crippen molar-refractivity contribution in [3.63, 3.8) is 0 Å². The second kappa shape index (κ2) is 5.02. The standard InChI is InChI=1S/C14H17BrN2O/c15-13-10-14(18-16-13)6-8-17(9-7-14)11-12-4-2-1-3-5-12/h1-5H,6-11H2. The molecule has 0 radical (unpaired) electrons. The fourth-order valence-electron chi connectivity index (χ4n) is 2.71. The van der Waals surface area contributed by atoms with Gasteiger partial charge in [0.2, 0.25) is 0 Å². The van der Waals surface area contributed by atoms with Crippen LogP contribution in [0.4, 0.5) is 0 Å². The Bertz CT molecular complexity index is 438. The summed E-state index contributed by atoms with van der Waals surface area (Å²) in [5, 5.41) is 4.04. The number of hydrogen-bond donors (Lipinski definition) is 0. The van der Waals surface area contributed by atoms with Gasteiger partial charge < -0.3 is 4.84 Å². The highest BCUT2D eigenvalue weighted by atomic mass is 79.9. The SMILES string of the molecule is BrC1=NOC2(CCN(Cc3ccccc3)CC2)C1. The van der Waals surface area contributed by atoms with Gasteiger partial charge in [0.15, 0.2) is 0 Å². The Morgan fingerprint density at radius 2 is 1.94 bits per heavy atom. The van der Waals surface area contributed by atoms with Gasteiger partial charge in [-0.15, -0.1) is 0 Å². The summed E-state index contributed by atoms with van der Waals surface area (Å²) in [6, 6.07) is 10.7. The number of halogens is 1. The largest absolute Gasteiger partial charge is 0.388 e. The summed E-state index contributed by atoms with van der Waals surface area (Å²) >= 11 is 3.43. The Balaban J connectivity index is 1.55. The predicted octanol–water partition coefficient (Wildman–Crippen LogP) is 3.15. The molecule has 0 saturated carbocycles. The third kappa shape index (κ3) is 2.59. The van der Waals surface area contributed by atoms with Crippen LogP contribution in [-0.2, 0) is 11.4 Å². The molecule has 3 nitrogen and oxygen atoms in total. The van der Waals surface area contributed by atoms with Gasteiger partial charge in [-0.05, 0) is 21.5 Å². The van der Waals surface area contributed by atoms with Crippen molar-refractivity contribution >= 4 is 20.6 Å². The monoisotopic (exact) mass is 308 g/mol. The van der Waals surface area contributed by atoms with Crippen LogP contribution in [0, 0.1) is 0 Å². The van der Waals surface area contributed by atoms with Crippen LogP contribution in [0.15, 0.2) is 35.5 Å². The molecule has 0 bridgehead atoms. The first-order chi connectivity index (χ1) is 8.76. The van der Waals surface area contributed by atoms with Crippen LogP contribution >= 0.6 is 15.9 Å². The van der Waals surface area contributed by atoms with Crippen LogP contribution in [0.5, 0.6) is 0 Å². The van der Waals surface area contributed by atoms with Crippen LogP contribution in [0.25, 0.3) is 0 Å². The molecule has 18 heavy (non-hydrogen) atoms. The van der Waals surface area contributed by atoms with Gasteiger partial charge in [0.1, 0.15) is 10.2 Å². The van der Waals surface area contributed by atoms with Gasteiger partial charge in [-0.3, -0.25) is 4.90 Å². The zero-order valence-electron chi connectivity index (χ0n) is 10.3. The lowest BCUT2D eigenvalue weighted by Crippen LogP contribution is -2.44. The minimum atomic E-state index is -0.0218. The van der Waals surface area contributed by atoms with Crippen LogP contribution in [-0.4, -0.2) is 28.2 Å². The lowest BCUT2D eigenvalue weighted by Gasteiger charge is -2.37. The van der Waals surface area contributed by atoms with Gasteiger partial charge in [0.25, 0.3) is 0 Å². The molecule has 0 aromatic heterocycles. The highest BCUT2D eigenvalue weighted by Gasteiger charge is 2.41. The molecule has 0 aliphatic carbocycles. The molecule has 96 valence electrons. The Morgan fingerprint density at radius 1 is 1.22 bits per heavy atom. The van der Waals surface area contributed by atoms with Crippen LogP contribution < -0.4 is 0 Å². The zero-order chi connectivity index (χ0) is 12.4. The fourth-order valence-corrected chi connectivity index (χ4v) is 3.29. The predicted molar refractivity (Wildman–Crippen MR) is 75.7 cm³/mol. The van der Waals surface area contributed by atoms with E-state index in [1.807, 2.05) is 0 Å². The molecule has 0 amide bonds. The van der Waals surface area contributed by atoms with Gasteiger partial charge >= 0.3 is 0 Å². The minimum absolute atomic E-state index is 0.0218. The quantitative estimate of drug-likeness (QED) is 0.838. The normalized spacial score (nSPS) is 22.8. The lowest BCUT2D eigenvalue weighted by atomic mass is 9.89. The second-order valence-electron chi connectivity index (χ2n) is 5.18. The topological polar surface area (TPSA) is 24.8 Å². The van der Waals surface area contributed by atoms with E-state index in [0.29, 0.717) is 0 Å². The van der Waals surface area contributed by atoms with Crippen molar-refractivity contribution in [2.45, 2.75) is 31.4 Å². The van der Waals surface area contributed by atoms with Crippen LogP contribution in [0.2, 0.25) is 0 Å². The first-order valence-electron chi connectivity index (χ1n) is 6.43. The number of hydrogen-bond acceptors (Lipinski definition) is 3. The van der Waals surface area contributed by atoms with Gasteiger partial charge in [-0.1, -0.05) is 35.5 Å². The van der Waals surface area contributed by atoms with E-state index >= 15 is 0 Å². The first kappa shape index (κ1) is 12.2. The average Bonchev–Trinajstić information content (AvgIpc) is 2.75. The zero-order valence-corrected chi connectivity index (χ0v) is 11.9. The number of benzene rings is 1. The van der Waals surface area contributed by atoms with E-state index in [1.165, 1.54) is 5.56 Å². The Hall–Kier alpha value is -0.870. The average molecular weight is 309 g/mol. The maximum Gasteiger partial charge on any atom is 0.146 e. The number of likely N-dealkylation sites (tertiary alicyclic amines) is 1. The number of rotatable bonds is 2. The minimum Gasteiger partial charge on any atom is -0.388 e. The molecule has 1 fully saturated rings. The molecule has 2 aliphatic heterocycles. The van der Waals surface area contributed by atoms with E-state index < -0.39 is 0 Å². The molecule has 1 spiro atoms. The first-order valence-corrected chi connectivity index (χ1v) is 7.22. The molecular formula is C14H17BrN2O. The lowest BCUT2D eigenvalue weighted by molar-refractivity contribution is -0.0627. The van der Waals surface area contributed by atoms with Crippen molar-refractivity contribution in [3.05, 3.63) is 35.9 Å². The van der Waals surface area contributed by atoms with Gasteiger partial charge in [0, 0.05) is 38.9 Å². The Kier molecular flexibility index (Phi) is 3.39. The third-order valence-electron chi connectivity index (χ3n) is 3.82. The van der Waals surface area contributed by atoms with Crippen molar-refractivity contribution in [1.82, 2.24) is 4.90 Å². The highest BCUT2D eigenvalue weighted by Crippen LogP contribution is 2.36. The van der Waals surface area contributed by atoms with Crippen molar-refractivity contribution in [2.24, 2.45) is 5.16 Å². The maximum absolute atomic E-state index is 5.61. The molecule has 4 heteroatoms. The molecule has 3 rings (SSSR count). The Morgan fingerprint density at radius 3 is 2.56 bits per heavy atom. The van der Waals surface area contributed by atoms with Crippen LogP contribution in [0.3, 0.4) is 0 Å². The number of nitrogens with zero attached hydrogens (tertiary/aromatic N) is 2. The molecule has 1 aromatic rings. The van der Waals surface area contributed by atoms with E-state index in [9.17, 15) is 0 Å². The summed E-state index contributed by atoms with van der Waals surface area (Å²) < 4.78 is 0.957. The van der Waals surface area contributed by atoms with E-state index in [0.717, 1.165) is 43.5 Å². The molecule has 2 aliphatic rings. The molecular weight excluding hydrogens is 292 g/mol. The van der Waals surface area contributed by atoms with Crippen molar-refractivity contribution in [3.8, 4) is 0 Å². The van der Waals surface area contributed by atoms with Crippen molar-refractivity contribution < 1.29 is 4.84 Å². The fraction of sp³-hybridized carbons (Fsp3) is 0.500. The van der Waals surface area contributed by atoms with Crippen LogP contribution in [0.1, 0.15) is 24.8 Å². The van der Waals surface area contributed by atoms with E-state index in [4.69, 9.17) is 4.84 Å². The summed E-state index contributed by atoms with van der Waals surface area (Å²) in [4.78, 5) is 8.10. The Labute approximate surface area is 116 Å². The summed E-state index contributed by atoms with van der Waals surface area (Å²) in [6.07, 6.45) is 3.07. The molecule has 0 unspecified atom stereocenters. The smallest absolute Gasteiger partial charge is 0.146 e. The summed E-state index contributed by atoms with van der Waals surface area (Å²) in [6.45, 7) is 3.22. The van der Waals surface area contributed by atoms with Crippen molar-refractivity contribution in [2.75, 3.05) is 13.1 Å². The maximum atomic E-state index is 5.61. The van der Waals surface area contributed by atoms with E-state index in [2.05, 4.69) is 56.3 Å². The molecule has 1 aromatic carbocycles. The molecule has 2 heterocycles. The van der Waals surface area contributed by atoms with Gasteiger partial charge in [-0.2, -0.15) is 0 Å². The molecule has 0 atom stereocenters. The van der Waals surface area contributed by atoms with E-state index in [-0.39, 0.29) is 5.60 Å². The number of oxime groups is 1. The highest BCUT2D eigenvalue weighted by molar-refractivity contribution is 9.18. The molecule has 0 N–H and O–H groups in total.